The fourth-order valence-corrected chi connectivity index (χ4v) is 0.799. The Morgan fingerprint density at radius 1 is 1.36 bits per heavy atom. The van der Waals surface area contributed by atoms with Crippen molar-refractivity contribution in [1.29, 1.82) is 0 Å². The molecule has 5 heteroatoms. The van der Waals surface area contributed by atoms with Crippen LogP contribution in [0, 0.1) is 0 Å². The van der Waals surface area contributed by atoms with E-state index in [-0.39, 0.29) is 17.5 Å². The van der Waals surface area contributed by atoms with E-state index in [9.17, 15) is 9.59 Å². The van der Waals surface area contributed by atoms with Gasteiger partial charge in [-0.2, -0.15) is 0 Å². The molecule has 0 aliphatic rings. The van der Waals surface area contributed by atoms with Crippen LogP contribution < -0.4 is 10.6 Å². The minimum atomic E-state index is -0.284. The molecule has 0 aliphatic carbocycles. The maximum Gasteiger partial charge on any atom is 0.269 e. The molecule has 0 aliphatic heterocycles. The molecule has 0 aromatic rings. The van der Waals surface area contributed by atoms with Crippen molar-refractivity contribution in [1.82, 2.24) is 10.6 Å². The molecule has 14 heavy (non-hydrogen) atoms. The Hall–Kier alpha value is -1.65. The highest BCUT2D eigenvalue weighted by Gasteiger charge is 2.04. The van der Waals surface area contributed by atoms with Gasteiger partial charge in [-0.3, -0.25) is 14.6 Å². The predicted molar refractivity (Wildman–Crippen MR) is 55.0 cm³/mol. The third-order valence-corrected chi connectivity index (χ3v) is 1.46. The molecule has 0 aromatic heterocycles. The molecule has 0 saturated heterocycles. The quantitative estimate of drug-likeness (QED) is 0.365. The van der Waals surface area contributed by atoms with Crippen molar-refractivity contribution in [3.05, 3.63) is 11.8 Å². The van der Waals surface area contributed by atoms with Crippen molar-refractivity contribution in [3.63, 3.8) is 0 Å². The molecule has 0 fully saturated rings. The van der Waals surface area contributed by atoms with E-state index in [0.717, 1.165) is 0 Å². The lowest BCUT2D eigenvalue weighted by atomic mass is 10.4. The topological polar surface area (TPSA) is 70.6 Å². The first-order chi connectivity index (χ1) is 6.61. The average molecular weight is 197 g/mol. The number of aliphatic imine (C=N–C) groups is 1. The van der Waals surface area contributed by atoms with Crippen molar-refractivity contribution in [2.45, 2.75) is 13.8 Å². The standard InChI is InChI=1S/C9H15N3O2/c1-4-8(10-3)9(14)12-6-5-11-7(2)13/h4H,3,5-6H2,1-2H3,(H,11,13)(H,12,14)/b8-4-. The zero-order chi connectivity index (χ0) is 11.0. The zero-order valence-corrected chi connectivity index (χ0v) is 8.46. The van der Waals surface area contributed by atoms with Crippen molar-refractivity contribution in [2.75, 3.05) is 13.1 Å². The summed E-state index contributed by atoms with van der Waals surface area (Å²) in [6.07, 6.45) is 1.57. The number of hydrogen-bond acceptors (Lipinski definition) is 3. The summed E-state index contributed by atoms with van der Waals surface area (Å²) in [5, 5.41) is 5.14. The van der Waals surface area contributed by atoms with E-state index < -0.39 is 0 Å². The highest BCUT2D eigenvalue weighted by Crippen LogP contribution is 1.93. The van der Waals surface area contributed by atoms with Gasteiger partial charge in [-0.1, -0.05) is 6.08 Å². The minimum Gasteiger partial charge on any atom is -0.355 e. The molecule has 2 N–H and O–H groups in total. The van der Waals surface area contributed by atoms with E-state index in [1.165, 1.54) is 6.92 Å². The highest BCUT2D eigenvalue weighted by atomic mass is 16.2. The van der Waals surface area contributed by atoms with Gasteiger partial charge in [0.25, 0.3) is 5.91 Å². The predicted octanol–water partition coefficient (Wildman–Crippen LogP) is -0.157. The summed E-state index contributed by atoms with van der Waals surface area (Å²) in [5.74, 6) is -0.403. The van der Waals surface area contributed by atoms with Crippen molar-refractivity contribution in [3.8, 4) is 0 Å². The number of nitrogens with one attached hydrogen (secondary N) is 2. The van der Waals surface area contributed by atoms with Gasteiger partial charge in [0, 0.05) is 20.0 Å². The van der Waals surface area contributed by atoms with E-state index >= 15 is 0 Å². The van der Waals surface area contributed by atoms with Gasteiger partial charge in [0.15, 0.2) is 0 Å². The van der Waals surface area contributed by atoms with Crippen LogP contribution in [0.5, 0.6) is 0 Å². The molecule has 0 saturated carbocycles. The van der Waals surface area contributed by atoms with Gasteiger partial charge < -0.3 is 10.6 Å². The van der Waals surface area contributed by atoms with Gasteiger partial charge in [0.2, 0.25) is 5.91 Å². The number of carbonyl (C=O) groups excluding carboxylic acids is 2. The lowest BCUT2D eigenvalue weighted by Crippen LogP contribution is -2.34. The Bertz CT molecular complexity index is 259. The molecule has 0 unspecified atom stereocenters. The van der Waals surface area contributed by atoms with E-state index in [1.54, 1.807) is 13.0 Å². The second-order valence-electron chi connectivity index (χ2n) is 2.57. The number of carbonyl (C=O) groups is 2. The zero-order valence-electron chi connectivity index (χ0n) is 8.46. The number of hydrogen-bond donors (Lipinski definition) is 2. The lowest BCUT2D eigenvalue weighted by molar-refractivity contribution is -0.120. The van der Waals surface area contributed by atoms with Crippen molar-refractivity contribution >= 4 is 18.5 Å². The molecule has 0 radical (unpaired) electrons. The van der Waals surface area contributed by atoms with Crippen LogP contribution >= 0.6 is 0 Å². The molecule has 0 spiro atoms. The summed E-state index contributed by atoms with van der Waals surface area (Å²) in [5.41, 5.74) is 0.285. The fourth-order valence-electron chi connectivity index (χ4n) is 0.799. The van der Waals surface area contributed by atoms with Gasteiger partial charge in [0.1, 0.15) is 5.70 Å². The van der Waals surface area contributed by atoms with Crippen LogP contribution in [0.1, 0.15) is 13.8 Å². The maximum absolute atomic E-state index is 11.2. The van der Waals surface area contributed by atoms with Crippen LogP contribution in [0.15, 0.2) is 16.8 Å². The van der Waals surface area contributed by atoms with Crippen LogP contribution in [0.4, 0.5) is 0 Å². The molecule has 0 aromatic carbocycles. The average Bonchev–Trinajstić information content (AvgIpc) is 2.14. The molecule has 0 rings (SSSR count). The molecule has 0 atom stereocenters. The van der Waals surface area contributed by atoms with Crippen molar-refractivity contribution in [2.24, 2.45) is 4.99 Å². The van der Waals surface area contributed by atoms with E-state index in [1.807, 2.05) is 0 Å². The second kappa shape index (κ2) is 6.82. The molecule has 5 nitrogen and oxygen atoms in total. The van der Waals surface area contributed by atoms with Gasteiger partial charge in [-0.15, -0.1) is 0 Å². The van der Waals surface area contributed by atoms with E-state index in [0.29, 0.717) is 13.1 Å². The monoisotopic (exact) mass is 197 g/mol. The minimum absolute atomic E-state index is 0.118. The number of nitrogens with zero attached hydrogens (tertiary/aromatic N) is 1. The summed E-state index contributed by atoms with van der Waals surface area (Å²) in [6.45, 7) is 7.18. The molecule has 0 bridgehead atoms. The highest BCUT2D eigenvalue weighted by molar-refractivity contribution is 5.93. The van der Waals surface area contributed by atoms with E-state index in [4.69, 9.17) is 0 Å². The van der Waals surface area contributed by atoms with Crippen LogP contribution in [0.25, 0.3) is 0 Å². The summed E-state index contributed by atoms with van der Waals surface area (Å²) >= 11 is 0. The number of rotatable bonds is 5. The Morgan fingerprint density at radius 3 is 2.36 bits per heavy atom. The third kappa shape index (κ3) is 5.08. The Kier molecular flexibility index (Phi) is 6.02. The summed E-state index contributed by atoms with van der Waals surface area (Å²) in [7, 11) is 0. The summed E-state index contributed by atoms with van der Waals surface area (Å²) in [4.78, 5) is 25.2. The van der Waals surface area contributed by atoms with Crippen LogP contribution in [-0.4, -0.2) is 31.6 Å². The number of amides is 2. The van der Waals surface area contributed by atoms with Gasteiger partial charge >= 0.3 is 0 Å². The first kappa shape index (κ1) is 12.3. The first-order valence-corrected chi connectivity index (χ1v) is 4.27. The smallest absolute Gasteiger partial charge is 0.269 e. The normalized spacial score (nSPS) is 10.6. The third-order valence-electron chi connectivity index (χ3n) is 1.46. The molecule has 78 valence electrons. The first-order valence-electron chi connectivity index (χ1n) is 4.27. The molecular weight excluding hydrogens is 182 g/mol. The van der Waals surface area contributed by atoms with Crippen LogP contribution in [0.3, 0.4) is 0 Å². The van der Waals surface area contributed by atoms with Gasteiger partial charge in [-0.05, 0) is 13.6 Å². The van der Waals surface area contributed by atoms with Crippen molar-refractivity contribution < 1.29 is 9.59 Å². The largest absolute Gasteiger partial charge is 0.355 e. The molecular formula is C9H15N3O2. The maximum atomic E-state index is 11.2. The van der Waals surface area contributed by atoms with Gasteiger partial charge in [0.05, 0.1) is 0 Å². The number of allylic oxidation sites excluding steroid dienone is 1. The summed E-state index contributed by atoms with van der Waals surface area (Å²) < 4.78 is 0. The Morgan fingerprint density at radius 2 is 1.93 bits per heavy atom. The second-order valence-corrected chi connectivity index (χ2v) is 2.57. The lowest BCUT2D eigenvalue weighted by Gasteiger charge is -2.04. The Labute approximate surface area is 83.3 Å². The van der Waals surface area contributed by atoms with Gasteiger partial charge in [-0.25, -0.2) is 0 Å². The fraction of sp³-hybridized carbons (Fsp3) is 0.444. The SMILES string of the molecule is C=N/C(=C\C)C(=O)NCCNC(C)=O. The Balaban J connectivity index is 3.74. The molecule has 0 heterocycles. The molecule has 2 amide bonds. The van der Waals surface area contributed by atoms with Crippen LogP contribution in [-0.2, 0) is 9.59 Å². The van der Waals surface area contributed by atoms with Crippen LogP contribution in [0.2, 0.25) is 0 Å². The summed E-state index contributed by atoms with van der Waals surface area (Å²) in [6, 6.07) is 0. The van der Waals surface area contributed by atoms with E-state index in [2.05, 4.69) is 22.3 Å².